The number of unbranched alkanes of at least 4 members (excludes halogenated alkanes) is 5. The third-order valence-corrected chi connectivity index (χ3v) is 7.53. The number of rotatable bonds is 20. The van der Waals surface area contributed by atoms with Crippen molar-refractivity contribution >= 4 is 88.1 Å². The lowest BCUT2D eigenvalue weighted by Gasteiger charge is -2.11. The van der Waals surface area contributed by atoms with Crippen molar-refractivity contribution in [3.63, 3.8) is 0 Å². The van der Waals surface area contributed by atoms with Crippen LogP contribution in [0.1, 0.15) is 79.3 Å². The SMILES string of the molecule is CCCCCCNc1nc(NCCCCN=C(N)NC(=O)c2nc(Cl)c(N)nc2N)nc(NCCCCN=C(N)NC(=O)c2nc(Cl)c(N)nc2N)n1. The molecule has 0 aliphatic carbocycles. The van der Waals surface area contributed by atoms with Gasteiger partial charge in [-0.25, -0.2) is 19.9 Å². The predicted molar refractivity (Wildman–Crippen MR) is 208 cm³/mol. The van der Waals surface area contributed by atoms with E-state index in [0.717, 1.165) is 32.2 Å². The highest BCUT2D eigenvalue weighted by atomic mass is 35.5. The predicted octanol–water partition coefficient (Wildman–Crippen LogP) is 0.953. The van der Waals surface area contributed by atoms with Crippen LogP contribution in [0.5, 0.6) is 0 Å². The van der Waals surface area contributed by atoms with E-state index < -0.39 is 11.8 Å². The normalized spacial score (nSPS) is 11.6. The molecule has 0 aliphatic heterocycles. The van der Waals surface area contributed by atoms with Crippen molar-refractivity contribution in [1.29, 1.82) is 0 Å². The summed E-state index contributed by atoms with van der Waals surface area (Å²) in [6.45, 7) is 4.65. The number of anilines is 7. The first-order chi connectivity index (χ1) is 25.4. The largest absolute Gasteiger partial charge is 0.382 e. The molecule has 3 aromatic heterocycles. The number of nitrogens with zero attached hydrogens (tertiary/aromatic N) is 9. The molecule has 2 amide bonds. The molecule has 53 heavy (non-hydrogen) atoms. The van der Waals surface area contributed by atoms with Crippen LogP contribution in [0.4, 0.5) is 41.1 Å². The molecule has 0 unspecified atom stereocenters. The maximum atomic E-state index is 12.4. The smallest absolute Gasteiger partial charge is 0.280 e. The Labute approximate surface area is 315 Å². The molecule has 0 aliphatic rings. The summed E-state index contributed by atoms with van der Waals surface area (Å²) in [6.07, 6.45) is 7.08. The first-order valence-corrected chi connectivity index (χ1v) is 17.5. The van der Waals surface area contributed by atoms with Gasteiger partial charge in [0.05, 0.1) is 0 Å². The van der Waals surface area contributed by atoms with Gasteiger partial charge >= 0.3 is 0 Å². The average Bonchev–Trinajstić information content (AvgIpc) is 3.10. The summed E-state index contributed by atoms with van der Waals surface area (Å²) in [4.78, 5) is 61.8. The Morgan fingerprint density at radius 2 is 0.925 bits per heavy atom. The lowest BCUT2D eigenvalue weighted by atomic mass is 10.2. The molecule has 0 saturated carbocycles. The number of aromatic nitrogens is 7. The number of nitrogen functional groups attached to an aromatic ring is 4. The highest BCUT2D eigenvalue weighted by molar-refractivity contribution is 6.32. The van der Waals surface area contributed by atoms with Crippen molar-refractivity contribution in [2.75, 3.05) is 71.6 Å². The van der Waals surface area contributed by atoms with Gasteiger partial charge in [-0.1, -0.05) is 49.4 Å². The van der Waals surface area contributed by atoms with Crippen LogP contribution in [0, 0.1) is 0 Å². The first kappa shape index (κ1) is 41.6. The van der Waals surface area contributed by atoms with Gasteiger partial charge in [-0.05, 0) is 32.1 Å². The second-order valence-corrected chi connectivity index (χ2v) is 12.0. The molecule has 3 rings (SSSR count). The van der Waals surface area contributed by atoms with E-state index in [-0.39, 0.29) is 56.9 Å². The molecule has 0 bridgehead atoms. The Kier molecular flexibility index (Phi) is 16.9. The van der Waals surface area contributed by atoms with Gasteiger partial charge < -0.3 is 50.4 Å². The molecule has 0 saturated heterocycles. The van der Waals surface area contributed by atoms with E-state index in [0.29, 0.717) is 69.7 Å². The molecule has 24 heteroatoms. The molecule has 0 radical (unpaired) electrons. The van der Waals surface area contributed by atoms with Crippen molar-refractivity contribution in [3.05, 3.63) is 21.7 Å². The number of amides is 2. The van der Waals surface area contributed by atoms with Crippen molar-refractivity contribution in [2.24, 2.45) is 21.5 Å². The number of hydrogen-bond donors (Lipinski definition) is 11. The van der Waals surface area contributed by atoms with E-state index in [1.165, 1.54) is 0 Å². The summed E-state index contributed by atoms with van der Waals surface area (Å²) in [7, 11) is 0. The summed E-state index contributed by atoms with van der Waals surface area (Å²) in [6, 6.07) is 0. The molecule has 0 aromatic carbocycles. The summed E-state index contributed by atoms with van der Waals surface area (Å²) in [5, 5.41) is 14.2. The maximum Gasteiger partial charge on any atom is 0.280 e. The molecule has 3 aromatic rings. The number of nitrogens with one attached hydrogen (secondary N) is 5. The molecule has 17 N–H and O–H groups in total. The van der Waals surface area contributed by atoms with Crippen molar-refractivity contribution < 1.29 is 9.59 Å². The third kappa shape index (κ3) is 14.4. The fourth-order valence-electron chi connectivity index (χ4n) is 4.29. The number of carbonyl (C=O) groups is 2. The topological polar surface area (TPSA) is 365 Å². The highest BCUT2D eigenvalue weighted by Crippen LogP contribution is 2.18. The highest BCUT2D eigenvalue weighted by Gasteiger charge is 2.18. The van der Waals surface area contributed by atoms with Crippen LogP contribution in [0.2, 0.25) is 10.3 Å². The van der Waals surface area contributed by atoms with Crippen LogP contribution >= 0.6 is 23.2 Å². The molecule has 3 heterocycles. The fourth-order valence-corrected chi connectivity index (χ4v) is 4.54. The zero-order chi connectivity index (χ0) is 38.8. The Balaban J connectivity index is 1.45. The molecule has 0 spiro atoms. The lowest BCUT2D eigenvalue weighted by Crippen LogP contribution is -2.38. The fraction of sp³-hybridized carbons (Fsp3) is 0.483. The number of carbonyl (C=O) groups excluding carboxylic acids is 2. The Morgan fingerprint density at radius 1 is 0.547 bits per heavy atom. The van der Waals surface area contributed by atoms with Gasteiger partial charge in [0.15, 0.2) is 56.9 Å². The van der Waals surface area contributed by atoms with Crippen molar-refractivity contribution in [3.8, 4) is 0 Å². The maximum absolute atomic E-state index is 12.4. The van der Waals surface area contributed by atoms with E-state index in [9.17, 15) is 9.59 Å². The molecule has 0 fully saturated rings. The Morgan fingerprint density at radius 3 is 1.30 bits per heavy atom. The second-order valence-electron chi connectivity index (χ2n) is 11.3. The molecule has 288 valence electrons. The van der Waals surface area contributed by atoms with Gasteiger partial charge in [-0.3, -0.25) is 30.2 Å². The zero-order valence-electron chi connectivity index (χ0n) is 29.3. The van der Waals surface area contributed by atoms with Gasteiger partial charge in [0.2, 0.25) is 17.8 Å². The second kappa shape index (κ2) is 21.6. The number of halogens is 2. The van der Waals surface area contributed by atoms with E-state index in [4.69, 9.17) is 57.6 Å². The summed E-state index contributed by atoms with van der Waals surface area (Å²) in [5.41, 5.74) is 33.7. The summed E-state index contributed by atoms with van der Waals surface area (Å²) < 4.78 is 0. The average molecular weight is 778 g/mol. The van der Waals surface area contributed by atoms with E-state index in [2.05, 4.69) is 78.4 Å². The third-order valence-electron chi connectivity index (χ3n) is 6.97. The van der Waals surface area contributed by atoms with Crippen LogP contribution < -0.4 is 61.0 Å². The minimum Gasteiger partial charge on any atom is -0.382 e. The van der Waals surface area contributed by atoms with Gasteiger partial charge in [0, 0.05) is 32.7 Å². The van der Waals surface area contributed by atoms with Crippen LogP contribution in [0.25, 0.3) is 0 Å². The van der Waals surface area contributed by atoms with E-state index >= 15 is 0 Å². The monoisotopic (exact) mass is 776 g/mol. The lowest BCUT2D eigenvalue weighted by molar-refractivity contribution is 0.0964. The molecular formula is C29H46Cl2N20O2. The first-order valence-electron chi connectivity index (χ1n) is 16.7. The quantitative estimate of drug-likeness (QED) is 0.0432. The number of aliphatic imine (C=N–C) groups is 2. The number of guanidine groups is 2. The van der Waals surface area contributed by atoms with Gasteiger partial charge in [-0.2, -0.15) is 15.0 Å². The minimum absolute atomic E-state index is 0.0900. The summed E-state index contributed by atoms with van der Waals surface area (Å²) >= 11 is 11.7. The molecule has 0 atom stereocenters. The Bertz CT molecular complexity index is 1640. The summed E-state index contributed by atoms with van der Waals surface area (Å²) in [5.74, 6) is -0.942. The Hall–Kier alpha value is -5.77. The van der Waals surface area contributed by atoms with Crippen LogP contribution in [0.3, 0.4) is 0 Å². The standard InChI is InChI=1S/C29H46Cl2N20O2/c1-2-3-4-5-12-40-27-49-28(41-13-8-6-10-38-25(36)47-23(52)15-19(32)45-21(34)17(30)43-15)51-29(50-27)42-14-9-7-11-39-26(37)48-24(53)16-20(33)46-22(35)18(31)44-16/h2-14H2,1H3,(H4,32,34,45)(H4,33,35,46)(H3,36,38,47,52)(H3,37,39,48,53)(H3,40,41,42,49,50,51). The molecular weight excluding hydrogens is 731 g/mol. The van der Waals surface area contributed by atoms with Gasteiger partial charge in [0.25, 0.3) is 11.8 Å². The van der Waals surface area contributed by atoms with Gasteiger partial charge in [0.1, 0.15) is 0 Å². The number of hydrogen-bond acceptors (Lipinski definition) is 18. The van der Waals surface area contributed by atoms with Gasteiger partial charge in [-0.15, -0.1) is 0 Å². The number of nitrogens with two attached hydrogens (primary N) is 6. The van der Waals surface area contributed by atoms with Crippen molar-refractivity contribution in [1.82, 2.24) is 45.5 Å². The van der Waals surface area contributed by atoms with Crippen LogP contribution in [-0.4, -0.2) is 91.3 Å². The van der Waals surface area contributed by atoms with Crippen LogP contribution in [0.15, 0.2) is 9.98 Å². The van der Waals surface area contributed by atoms with Crippen LogP contribution in [-0.2, 0) is 0 Å². The minimum atomic E-state index is -0.711. The molecule has 22 nitrogen and oxygen atoms in total. The zero-order valence-corrected chi connectivity index (χ0v) is 30.8. The van der Waals surface area contributed by atoms with Crippen molar-refractivity contribution in [2.45, 2.75) is 58.3 Å². The van der Waals surface area contributed by atoms with E-state index in [1.807, 2.05) is 0 Å². The van der Waals surface area contributed by atoms with E-state index in [1.54, 1.807) is 0 Å².